The quantitative estimate of drug-likeness (QED) is 0.702. The van der Waals surface area contributed by atoms with E-state index >= 15 is 0 Å². The summed E-state index contributed by atoms with van der Waals surface area (Å²) in [5.74, 6) is 0.950. The lowest BCUT2D eigenvalue weighted by molar-refractivity contribution is 0.295. The van der Waals surface area contributed by atoms with Crippen LogP contribution in [0.1, 0.15) is 11.1 Å². The van der Waals surface area contributed by atoms with Gasteiger partial charge in [0.15, 0.2) is 0 Å². The van der Waals surface area contributed by atoms with Gasteiger partial charge in [-0.2, -0.15) is 0 Å². The first kappa shape index (κ1) is 15.1. The Labute approximate surface area is 130 Å². The maximum absolute atomic E-state index is 13.7. The molecule has 0 aliphatic rings. The highest BCUT2D eigenvalue weighted by Crippen LogP contribution is 2.28. The SMILES string of the molecule is COc1ccc(CBr)c(OCc2c(F)cccc2Cl)c1. The fraction of sp³-hybridized carbons (Fsp3) is 0.200. The molecule has 0 unspecified atom stereocenters. The van der Waals surface area contributed by atoms with Crippen LogP contribution in [0.3, 0.4) is 0 Å². The summed E-state index contributed by atoms with van der Waals surface area (Å²) in [5.41, 5.74) is 1.30. The zero-order valence-corrected chi connectivity index (χ0v) is 13.2. The summed E-state index contributed by atoms with van der Waals surface area (Å²) >= 11 is 9.36. The topological polar surface area (TPSA) is 18.5 Å². The number of hydrogen-bond donors (Lipinski definition) is 0. The maximum Gasteiger partial charge on any atom is 0.131 e. The van der Waals surface area contributed by atoms with E-state index in [1.54, 1.807) is 25.3 Å². The van der Waals surface area contributed by atoms with E-state index in [9.17, 15) is 4.39 Å². The Bertz CT molecular complexity index is 584. The predicted molar refractivity (Wildman–Crippen MR) is 81.4 cm³/mol. The average molecular weight is 360 g/mol. The molecule has 0 fully saturated rings. The Hall–Kier alpha value is -1.26. The Morgan fingerprint density at radius 2 is 2.05 bits per heavy atom. The highest BCUT2D eigenvalue weighted by molar-refractivity contribution is 9.08. The standard InChI is InChI=1S/C15H13BrClFO2/c1-19-11-6-5-10(8-16)15(7-11)20-9-12-13(17)3-2-4-14(12)18/h2-7H,8-9H2,1H3. The molecule has 2 rings (SSSR count). The van der Waals surface area contributed by atoms with Crippen molar-refractivity contribution in [3.05, 3.63) is 58.4 Å². The second kappa shape index (κ2) is 6.95. The molecule has 5 heteroatoms. The first-order valence-electron chi connectivity index (χ1n) is 5.94. The molecule has 0 spiro atoms. The summed E-state index contributed by atoms with van der Waals surface area (Å²) in [5, 5.41) is 0.991. The van der Waals surface area contributed by atoms with E-state index in [0.717, 1.165) is 5.56 Å². The number of ether oxygens (including phenoxy) is 2. The van der Waals surface area contributed by atoms with Gasteiger partial charge in [0.25, 0.3) is 0 Å². The van der Waals surface area contributed by atoms with Gasteiger partial charge in [0, 0.05) is 22.5 Å². The first-order valence-corrected chi connectivity index (χ1v) is 7.44. The van der Waals surface area contributed by atoms with Crippen molar-refractivity contribution in [2.75, 3.05) is 7.11 Å². The molecule has 0 radical (unpaired) electrons. The second-order valence-electron chi connectivity index (χ2n) is 4.10. The van der Waals surface area contributed by atoms with Gasteiger partial charge >= 0.3 is 0 Å². The van der Waals surface area contributed by atoms with Crippen LogP contribution in [0.2, 0.25) is 5.02 Å². The average Bonchev–Trinajstić information content (AvgIpc) is 2.46. The molecule has 20 heavy (non-hydrogen) atoms. The number of halogens is 3. The van der Waals surface area contributed by atoms with E-state index in [-0.39, 0.29) is 12.4 Å². The fourth-order valence-electron chi connectivity index (χ4n) is 1.73. The van der Waals surface area contributed by atoms with Crippen LogP contribution in [-0.4, -0.2) is 7.11 Å². The third kappa shape index (κ3) is 3.44. The van der Waals surface area contributed by atoms with Gasteiger partial charge in [0.05, 0.1) is 12.1 Å². The summed E-state index contributed by atoms with van der Waals surface area (Å²) in [6.07, 6.45) is 0. The first-order chi connectivity index (χ1) is 9.65. The van der Waals surface area contributed by atoms with Crippen molar-refractivity contribution in [3.8, 4) is 11.5 Å². The molecule has 0 heterocycles. The van der Waals surface area contributed by atoms with Crippen molar-refractivity contribution < 1.29 is 13.9 Å². The van der Waals surface area contributed by atoms with Gasteiger partial charge in [0.2, 0.25) is 0 Å². The number of rotatable bonds is 5. The van der Waals surface area contributed by atoms with Crippen LogP contribution in [-0.2, 0) is 11.9 Å². The molecule has 0 amide bonds. The van der Waals surface area contributed by atoms with Crippen LogP contribution in [0.4, 0.5) is 4.39 Å². The number of alkyl halides is 1. The van der Waals surface area contributed by atoms with E-state index < -0.39 is 0 Å². The molecule has 0 aliphatic heterocycles. The zero-order valence-electron chi connectivity index (χ0n) is 10.8. The van der Waals surface area contributed by atoms with E-state index in [1.165, 1.54) is 6.07 Å². The Morgan fingerprint density at radius 1 is 1.25 bits per heavy atom. The molecule has 0 N–H and O–H groups in total. The van der Waals surface area contributed by atoms with Crippen molar-refractivity contribution in [3.63, 3.8) is 0 Å². The van der Waals surface area contributed by atoms with Crippen molar-refractivity contribution in [2.45, 2.75) is 11.9 Å². The molecule has 0 bridgehead atoms. The molecule has 2 nitrogen and oxygen atoms in total. The molecular weight excluding hydrogens is 347 g/mol. The van der Waals surface area contributed by atoms with Gasteiger partial charge in [0.1, 0.15) is 23.9 Å². The molecular formula is C15H13BrClFO2. The molecule has 0 saturated carbocycles. The smallest absolute Gasteiger partial charge is 0.131 e. The van der Waals surface area contributed by atoms with E-state index in [1.807, 2.05) is 12.1 Å². The van der Waals surface area contributed by atoms with E-state index in [0.29, 0.717) is 27.4 Å². The lowest BCUT2D eigenvalue weighted by Crippen LogP contribution is -2.01. The molecule has 2 aromatic rings. The van der Waals surface area contributed by atoms with Gasteiger partial charge in [-0.05, 0) is 18.2 Å². The van der Waals surface area contributed by atoms with Gasteiger partial charge < -0.3 is 9.47 Å². The van der Waals surface area contributed by atoms with Crippen molar-refractivity contribution in [1.82, 2.24) is 0 Å². The van der Waals surface area contributed by atoms with Crippen LogP contribution in [0.25, 0.3) is 0 Å². The monoisotopic (exact) mass is 358 g/mol. The minimum atomic E-state index is -0.374. The van der Waals surface area contributed by atoms with Crippen molar-refractivity contribution in [1.29, 1.82) is 0 Å². The molecule has 0 atom stereocenters. The van der Waals surface area contributed by atoms with Crippen molar-refractivity contribution >= 4 is 27.5 Å². The largest absolute Gasteiger partial charge is 0.497 e. The van der Waals surface area contributed by atoms with Crippen LogP contribution in [0.15, 0.2) is 36.4 Å². The fourth-order valence-corrected chi connectivity index (χ4v) is 2.41. The second-order valence-corrected chi connectivity index (χ2v) is 5.06. The number of hydrogen-bond acceptors (Lipinski definition) is 2. The van der Waals surface area contributed by atoms with Gasteiger partial charge in [-0.1, -0.05) is 39.7 Å². The van der Waals surface area contributed by atoms with Gasteiger partial charge in [-0.15, -0.1) is 0 Å². The molecule has 0 aromatic heterocycles. The molecule has 106 valence electrons. The van der Waals surface area contributed by atoms with Crippen molar-refractivity contribution in [2.24, 2.45) is 0 Å². The normalized spacial score (nSPS) is 10.4. The van der Waals surface area contributed by atoms with Gasteiger partial charge in [-0.3, -0.25) is 0 Å². The summed E-state index contributed by atoms with van der Waals surface area (Å²) < 4.78 is 24.5. The van der Waals surface area contributed by atoms with Crippen LogP contribution in [0.5, 0.6) is 11.5 Å². The Morgan fingerprint density at radius 3 is 2.70 bits per heavy atom. The summed E-state index contributed by atoms with van der Waals surface area (Å²) in [6, 6.07) is 10.1. The van der Waals surface area contributed by atoms with E-state index in [4.69, 9.17) is 21.1 Å². The van der Waals surface area contributed by atoms with E-state index in [2.05, 4.69) is 15.9 Å². The molecule has 0 saturated heterocycles. The number of benzene rings is 2. The molecule has 0 aliphatic carbocycles. The third-order valence-electron chi connectivity index (χ3n) is 2.85. The van der Waals surface area contributed by atoms with Crippen LogP contribution in [0, 0.1) is 5.82 Å². The minimum Gasteiger partial charge on any atom is -0.497 e. The lowest BCUT2D eigenvalue weighted by atomic mass is 10.2. The zero-order chi connectivity index (χ0) is 14.5. The Balaban J connectivity index is 2.22. The maximum atomic E-state index is 13.7. The lowest BCUT2D eigenvalue weighted by Gasteiger charge is -2.13. The summed E-state index contributed by atoms with van der Waals surface area (Å²) in [7, 11) is 1.58. The minimum absolute atomic E-state index is 0.0681. The highest BCUT2D eigenvalue weighted by Gasteiger charge is 2.10. The number of methoxy groups -OCH3 is 1. The van der Waals surface area contributed by atoms with Crippen LogP contribution >= 0.6 is 27.5 Å². The Kier molecular flexibility index (Phi) is 5.26. The summed E-state index contributed by atoms with van der Waals surface area (Å²) in [4.78, 5) is 0. The summed E-state index contributed by atoms with van der Waals surface area (Å²) in [6.45, 7) is 0.0681. The van der Waals surface area contributed by atoms with Gasteiger partial charge in [-0.25, -0.2) is 4.39 Å². The highest BCUT2D eigenvalue weighted by atomic mass is 79.9. The molecule has 2 aromatic carbocycles. The van der Waals surface area contributed by atoms with Crippen LogP contribution < -0.4 is 9.47 Å². The third-order valence-corrected chi connectivity index (χ3v) is 3.81. The predicted octanol–water partition coefficient (Wildman–Crippen LogP) is 4.96.